The number of rotatable bonds is 5. The van der Waals surface area contributed by atoms with Crippen LogP contribution in [0.1, 0.15) is 5.56 Å². The van der Waals surface area contributed by atoms with E-state index in [4.69, 9.17) is 0 Å². The number of aliphatic hydroxyl groups excluding tert-OH is 1. The molecular weight excluding hydrogens is 298 g/mol. The molecule has 1 N–H and O–H groups in total. The van der Waals surface area contributed by atoms with E-state index in [1.165, 1.54) is 11.3 Å². The number of hydrogen-bond donors (Lipinski definition) is 1. The van der Waals surface area contributed by atoms with Gasteiger partial charge in [-0.05, 0) is 29.1 Å². The molecule has 0 spiro atoms. The van der Waals surface area contributed by atoms with E-state index in [1.807, 2.05) is 42.8 Å². The average molecular weight is 315 g/mol. The number of aromatic nitrogens is 2. The number of anilines is 1. The summed E-state index contributed by atoms with van der Waals surface area (Å²) >= 11 is 1.43. The molecule has 6 heteroatoms. The first-order valence-electron chi connectivity index (χ1n) is 7.02. The zero-order chi connectivity index (χ0) is 15.5. The van der Waals surface area contributed by atoms with Crippen LogP contribution in [0.3, 0.4) is 0 Å². The fourth-order valence-electron chi connectivity index (χ4n) is 2.32. The molecule has 2 aromatic heterocycles. The number of hydrogen-bond acceptors (Lipinski definition) is 5. The van der Waals surface area contributed by atoms with Crippen LogP contribution in [-0.4, -0.2) is 28.3 Å². The van der Waals surface area contributed by atoms with E-state index in [0.717, 1.165) is 16.8 Å². The van der Waals surface area contributed by atoms with Crippen LogP contribution in [0.4, 0.5) is 5.69 Å². The average Bonchev–Trinajstić information content (AvgIpc) is 3.03. The Morgan fingerprint density at radius 2 is 2.23 bits per heavy atom. The zero-order valence-electron chi connectivity index (χ0n) is 12.3. The van der Waals surface area contributed by atoms with Crippen molar-refractivity contribution in [3.8, 4) is 0 Å². The van der Waals surface area contributed by atoms with E-state index in [0.29, 0.717) is 17.8 Å². The quantitative estimate of drug-likeness (QED) is 0.783. The second-order valence-electron chi connectivity index (χ2n) is 5.13. The Morgan fingerprint density at radius 1 is 1.36 bits per heavy atom. The summed E-state index contributed by atoms with van der Waals surface area (Å²) in [6, 6.07) is 9.60. The van der Waals surface area contributed by atoms with Gasteiger partial charge in [0.2, 0.25) is 0 Å². The number of benzene rings is 1. The predicted molar refractivity (Wildman–Crippen MR) is 89.5 cm³/mol. The van der Waals surface area contributed by atoms with E-state index in [9.17, 15) is 9.90 Å². The summed E-state index contributed by atoms with van der Waals surface area (Å²) in [4.78, 5) is 18.7. The third kappa shape index (κ3) is 2.88. The highest BCUT2D eigenvalue weighted by atomic mass is 32.1. The van der Waals surface area contributed by atoms with Gasteiger partial charge in [0, 0.05) is 25.8 Å². The summed E-state index contributed by atoms with van der Waals surface area (Å²) in [6.45, 7) is 1.28. The Bertz CT molecular complexity index is 841. The standard InChI is InChI=1S/C16H17N3O2S/c1-18(13-4-2-3-12(9-13)10-20)6-7-19-11-17-14-5-8-22-15(14)16(19)21/h2-5,8-9,11,20H,6-7,10H2,1H3. The lowest BCUT2D eigenvalue weighted by atomic mass is 10.2. The van der Waals surface area contributed by atoms with Gasteiger partial charge in [0.05, 0.1) is 18.5 Å². The number of fused-ring (bicyclic) bond motifs is 1. The van der Waals surface area contributed by atoms with Crippen LogP contribution >= 0.6 is 11.3 Å². The maximum atomic E-state index is 12.3. The number of aliphatic hydroxyl groups is 1. The maximum Gasteiger partial charge on any atom is 0.271 e. The van der Waals surface area contributed by atoms with Gasteiger partial charge in [-0.3, -0.25) is 9.36 Å². The SMILES string of the molecule is CN(CCn1cnc2ccsc2c1=O)c1cccc(CO)c1. The summed E-state index contributed by atoms with van der Waals surface area (Å²) in [7, 11) is 1.97. The summed E-state index contributed by atoms with van der Waals surface area (Å²) in [5.74, 6) is 0. The van der Waals surface area contributed by atoms with Crippen molar-refractivity contribution in [3.05, 3.63) is 58.0 Å². The van der Waals surface area contributed by atoms with Crippen molar-refractivity contribution < 1.29 is 5.11 Å². The Morgan fingerprint density at radius 3 is 3.05 bits per heavy atom. The summed E-state index contributed by atoms with van der Waals surface area (Å²) in [6.07, 6.45) is 1.61. The normalized spacial score (nSPS) is 11.0. The molecule has 3 rings (SSSR count). The van der Waals surface area contributed by atoms with Crippen molar-refractivity contribution in [3.63, 3.8) is 0 Å². The van der Waals surface area contributed by atoms with E-state index in [2.05, 4.69) is 9.88 Å². The van der Waals surface area contributed by atoms with Crippen molar-refractivity contribution in [2.75, 3.05) is 18.5 Å². The topological polar surface area (TPSA) is 58.4 Å². The second-order valence-corrected chi connectivity index (χ2v) is 6.04. The van der Waals surface area contributed by atoms with E-state index >= 15 is 0 Å². The van der Waals surface area contributed by atoms with E-state index < -0.39 is 0 Å². The minimum Gasteiger partial charge on any atom is -0.392 e. The number of nitrogens with zero attached hydrogens (tertiary/aromatic N) is 3. The lowest BCUT2D eigenvalue weighted by Gasteiger charge is -2.20. The Balaban J connectivity index is 1.75. The summed E-state index contributed by atoms with van der Waals surface area (Å²) < 4.78 is 2.35. The van der Waals surface area contributed by atoms with Gasteiger partial charge in [-0.1, -0.05) is 12.1 Å². The lowest BCUT2D eigenvalue weighted by molar-refractivity contribution is 0.282. The van der Waals surface area contributed by atoms with Gasteiger partial charge in [0.15, 0.2) is 0 Å². The molecule has 0 fully saturated rings. The second kappa shape index (κ2) is 6.29. The van der Waals surface area contributed by atoms with Crippen LogP contribution in [0.25, 0.3) is 10.2 Å². The number of thiophene rings is 1. The minimum atomic E-state index is 0.0116. The van der Waals surface area contributed by atoms with E-state index in [1.54, 1.807) is 10.9 Å². The van der Waals surface area contributed by atoms with Crippen molar-refractivity contribution in [2.24, 2.45) is 0 Å². The minimum absolute atomic E-state index is 0.0116. The molecule has 0 aliphatic carbocycles. The molecule has 0 saturated heterocycles. The Kier molecular flexibility index (Phi) is 4.22. The highest BCUT2D eigenvalue weighted by molar-refractivity contribution is 7.17. The van der Waals surface area contributed by atoms with Crippen molar-refractivity contribution in [1.82, 2.24) is 9.55 Å². The third-order valence-corrected chi connectivity index (χ3v) is 4.54. The molecule has 114 valence electrons. The monoisotopic (exact) mass is 315 g/mol. The molecule has 0 atom stereocenters. The molecule has 2 heterocycles. The van der Waals surface area contributed by atoms with E-state index in [-0.39, 0.29) is 12.2 Å². The first-order chi connectivity index (χ1) is 10.7. The molecule has 5 nitrogen and oxygen atoms in total. The number of likely N-dealkylation sites (N-methyl/N-ethyl adjacent to an activating group) is 1. The molecule has 0 saturated carbocycles. The third-order valence-electron chi connectivity index (χ3n) is 3.65. The molecular formula is C16H17N3O2S. The fraction of sp³-hybridized carbons (Fsp3) is 0.250. The molecule has 22 heavy (non-hydrogen) atoms. The van der Waals surface area contributed by atoms with Gasteiger partial charge in [-0.2, -0.15) is 0 Å². The molecule has 3 aromatic rings. The molecule has 1 aromatic carbocycles. The van der Waals surface area contributed by atoms with Gasteiger partial charge >= 0.3 is 0 Å². The first-order valence-corrected chi connectivity index (χ1v) is 7.90. The molecule has 0 aliphatic heterocycles. The van der Waals surface area contributed by atoms with Crippen LogP contribution in [0.15, 0.2) is 46.8 Å². The highest BCUT2D eigenvalue weighted by Gasteiger charge is 2.07. The van der Waals surface area contributed by atoms with Crippen LogP contribution in [0.2, 0.25) is 0 Å². The first kappa shape index (κ1) is 14.7. The van der Waals surface area contributed by atoms with Gasteiger partial charge in [0.25, 0.3) is 5.56 Å². The van der Waals surface area contributed by atoms with Gasteiger partial charge < -0.3 is 10.0 Å². The fourth-order valence-corrected chi connectivity index (χ4v) is 3.11. The van der Waals surface area contributed by atoms with Crippen LogP contribution in [0, 0.1) is 0 Å². The van der Waals surface area contributed by atoms with Crippen LogP contribution in [0.5, 0.6) is 0 Å². The summed E-state index contributed by atoms with van der Waals surface area (Å²) in [5.41, 5.74) is 2.67. The maximum absolute atomic E-state index is 12.3. The molecule has 0 radical (unpaired) electrons. The van der Waals surface area contributed by atoms with Crippen LogP contribution in [-0.2, 0) is 13.2 Å². The molecule has 0 bridgehead atoms. The van der Waals surface area contributed by atoms with Gasteiger partial charge in [0.1, 0.15) is 4.70 Å². The van der Waals surface area contributed by atoms with Gasteiger partial charge in [-0.25, -0.2) is 4.98 Å². The molecule has 0 unspecified atom stereocenters. The zero-order valence-corrected chi connectivity index (χ0v) is 13.1. The largest absolute Gasteiger partial charge is 0.392 e. The predicted octanol–water partition coefficient (Wildman–Crippen LogP) is 2.09. The smallest absolute Gasteiger partial charge is 0.271 e. The summed E-state index contributed by atoms with van der Waals surface area (Å²) in [5, 5.41) is 11.1. The Hall–Kier alpha value is -2.18. The lowest BCUT2D eigenvalue weighted by Crippen LogP contribution is -2.28. The Labute approximate surface area is 132 Å². The van der Waals surface area contributed by atoms with Gasteiger partial charge in [-0.15, -0.1) is 11.3 Å². The highest BCUT2D eigenvalue weighted by Crippen LogP contribution is 2.15. The van der Waals surface area contributed by atoms with Crippen molar-refractivity contribution >= 4 is 27.2 Å². The van der Waals surface area contributed by atoms with Crippen LogP contribution < -0.4 is 10.5 Å². The molecule has 0 amide bonds. The van der Waals surface area contributed by atoms with Crippen molar-refractivity contribution in [1.29, 1.82) is 0 Å². The molecule has 0 aliphatic rings. The van der Waals surface area contributed by atoms with Crippen molar-refractivity contribution in [2.45, 2.75) is 13.2 Å².